The molecule has 3 aliphatic rings. The van der Waals surface area contributed by atoms with E-state index in [1.165, 1.54) is 0 Å². The molecule has 2 aliphatic heterocycles. The smallest absolute Gasteiger partial charge is 0.267 e. The summed E-state index contributed by atoms with van der Waals surface area (Å²) in [5.74, 6) is 0.516. The van der Waals surface area contributed by atoms with E-state index < -0.39 is 0 Å². The number of carbonyl (C=O) groups is 1. The van der Waals surface area contributed by atoms with Crippen molar-refractivity contribution in [3.63, 3.8) is 0 Å². The molecular weight excluding hydrogens is 358 g/mol. The Morgan fingerprint density at radius 1 is 1.18 bits per heavy atom. The van der Waals surface area contributed by atoms with Crippen LogP contribution in [0.25, 0.3) is 0 Å². The number of carbonyl (C=O) groups excluding carboxylic acids is 1. The van der Waals surface area contributed by atoms with E-state index in [0.29, 0.717) is 31.1 Å². The lowest BCUT2D eigenvalue weighted by Crippen LogP contribution is -2.41. The van der Waals surface area contributed by atoms with Gasteiger partial charge in [-0.15, -0.1) is 0 Å². The van der Waals surface area contributed by atoms with Crippen molar-refractivity contribution in [2.75, 3.05) is 13.2 Å². The first kappa shape index (κ1) is 17.5. The molecule has 1 aliphatic carbocycles. The second-order valence-electron chi connectivity index (χ2n) is 7.93. The fraction of sp³-hybridized carbons (Fsp3) is 0.600. The molecule has 0 saturated carbocycles. The van der Waals surface area contributed by atoms with Crippen molar-refractivity contribution in [3.05, 3.63) is 39.4 Å². The first-order valence-electron chi connectivity index (χ1n) is 10.3. The lowest BCUT2D eigenvalue weighted by Gasteiger charge is -2.26. The van der Waals surface area contributed by atoms with Gasteiger partial charge in [-0.1, -0.05) is 0 Å². The summed E-state index contributed by atoms with van der Waals surface area (Å²) >= 11 is 0. The maximum absolute atomic E-state index is 13.2. The normalized spacial score (nSPS) is 21.1. The van der Waals surface area contributed by atoms with Crippen molar-refractivity contribution < 1.29 is 9.53 Å². The lowest BCUT2D eigenvalue weighted by atomic mass is 9.97. The van der Waals surface area contributed by atoms with Crippen LogP contribution in [0, 0.1) is 0 Å². The number of hydrogen-bond donors (Lipinski definition) is 0. The standard InChI is InChI=1S/C20H25N5O3/c26-18-11-14-5-1-2-7-17(14)22-25(18)13-15-6-3-8-23(15)19(27)16-12-21-24-9-4-10-28-20(16)24/h11-12,15H,1-10,13H2. The Hall–Kier alpha value is -2.64. The van der Waals surface area contributed by atoms with Gasteiger partial charge in [-0.3, -0.25) is 9.59 Å². The van der Waals surface area contributed by atoms with Crippen LogP contribution in [0.4, 0.5) is 0 Å². The van der Waals surface area contributed by atoms with Gasteiger partial charge in [0.15, 0.2) is 0 Å². The van der Waals surface area contributed by atoms with E-state index in [1.807, 2.05) is 4.90 Å². The topological polar surface area (TPSA) is 82.2 Å². The molecule has 0 N–H and O–H groups in total. The summed E-state index contributed by atoms with van der Waals surface area (Å²) in [6.07, 6.45) is 8.45. The Morgan fingerprint density at radius 2 is 2.07 bits per heavy atom. The van der Waals surface area contributed by atoms with Gasteiger partial charge in [-0.05, 0) is 44.1 Å². The second-order valence-corrected chi connectivity index (χ2v) is 7.93. The Labute approximate surface area is 163 Å². The minimum atomic E-state index is -0.0637. The van der Waals surface area contributed by atoms with Crippen LogP contribution >= 0.6 is 0 Å². The molecule has 0 spiro atoms. The van der Waals surface area contributed by atoms with Crippen molar-refractivity contribution in [2.45, 2.75) is 64.1 Å². The predicted molar refractivity (Wildman–Crippen MR) is 102 cm³/mol. The maximum Gasteiger partial charge on any atom is 0.267 e. The van der Waals surface area contributed by atoms with Crippen LogP contribution in [0.1, 0.15) is 53.7 Å². The molecule has 28 heavy (non-hydrogen) atoms. The minimum Gasteiger partial charge on any atom is -0.477 e. The van der Waals surface area contributed by atoms with Crippen molar-refractivity contribution in [3.8, 4) is 5.88 Å². The molecule has 4 heterocycles. The lowest BCUT2D eigenvalue weighted by molar-refractivity contribution is 0.0713. The quantitative estimate of drug-likeness (QED) is 0.800. The van der Waals surface area contributed by atoms with Gasteiger partial charge in [0.2, 0.25) is 5.88 Å². The van der Waals surface area contributed by atoms with E-state index in [1.54, 1.807) is 21.6 Å². The van der Waals surface area contributed by atoms with Crippen LogP contribution < -0.4 is 10.3 Å². The first-order chi connectivity index (χ1) is 13.7. The molecule has 1 fully saturated rings. The number of aryl methyl sites for hydroxylation is 3. The molecule has 1 saturated heterocycles. The number of rotatable bonds is 3. The van der Waals surface area contributed by atoms with Crippen LogP contribution in [0.15, 0.2) is 17.1 Å². The molecule has 1 amide bonds. The molecule has 8 nitrogen and oxygen atoms in total. The minimum absolute atomic E-state index is 0.0292. The van der Waals surface area contributed by atoms with Crippen molar-refractivity contribution >= 4 is 5.91 Å². The highest BCUT2D eigenvalue weighted by Crippen LogP contribution is 2.28. The number of likely N-dealkylation sites (tertiary alicyclic amines) is 1. The third-order valence-corrected chi connectivity index (χ3v) is 6.07. The number of nitrogens with zero attached hydrogens (tertiary/aromatic N) is 5. The third-order valence-electron chi connectivity index (χ3n) is 6.07. The molecular formula is C20H25N5O3. The first-order valence-corrected chi connectivity index (χ1v) is 10.3. The number of aromatic nitrogens is 4. The van der Waals surface area contributed by atoms with Crippen molar-refractivity contribution in [2.24, 2.45) is 0 Å². The van der Waals surface area contributed by atoms with Gasteiger partial charge in [0, 0.05) is 25.6 Å². The molecule has 8 heteroatoms. The van der Waals surface area contributed by atoms with E-state index in [4.69, 9.17) is 4.74 Å². The van der Waals surface area contributed by atoms with Crippen molar-refractivity contribution in [1.29, 1.82) is 0 Å². The summed E-state index contributed by atoms with van der Waals surface area (Å²) in [6.45, 7) is 2.53. The number of amides is 1. The fourth-order valence-corrected chi connectivity index (χ4v) is 4.59. The summed E-state index contributed by atoms with van der Waals surface area (Å²) in [4.78, 5) is 27.6. The Bertz CT molecular complexity index is 963. The summed E-state index contributed by atoms with van der Waals surface area (Å²) in [7, 11) is 0. The zero-order valence-electron chi connectivity index (χ0n) is 16.0. The van der Waals surface area contributed by atoms with Crippen LogP contribution in [0.3, 0.4) is 0 Å². The summed E-state index contributed by atoms with van der Waals surface area (Å²) in [6, 6.07) is 1.71. The Kier molecular flexibility index (Phi) is 4.41. The molecule has 1 atom stereocenters. The highest BCUT2D eigenvalue weighted by Gasteiger charge is 2.33. The predicted octanol–water partition coefficient (Wildman–Crippen LogP) is 1.41. The van der Waals surface area contributed by atoms with Gasteiger partial charge in [0.25, 0.3) is 11.5 Å². The monoisotopic (exact) mass is 383 g/mol. The number of ether oxygens (including phenoxy) is 1. The molecule has 5 rings (SSSR count). The maximum atomic E-state index is 13.2. The number of hydrogen-bond acceptors (Lipinski definition) is 5. The SMILES string of the molecule is O=C(c1cnn2c1OCCC2)N1CCCC1Cn1nc2c(cc1=O)CCCC2. The van der Waals surface area contributed by atoms with Crippen LogP contribution in [0.2, 0.25) is 0 Å². The summed E-state index contributed by atoms with van der Waals surface area (Å²) < 4.78 is 9.02. The van der Waals surface area contributed by atoms with Crippen LogP contribution in [0.5, 0.6) is 5.88 Å². The van der Waals surface area contributed by atoms with Crippen LogP contribution in [-0.4, -0.2) is 49.6 Å². The molecule has 0 radical (unpaired) electrons. The van der Waals surface area contributed by atoms with E-state index >= 15 is 0 Å². The average molecular weight is 383 g/mol. The van der Waals surface area contributed by atoms with E-state index in [-0.39, 0.29) is 17.5 Å². The Morgan fingerprint density at radius 3 is 3.00 bits per heavy atom. The zero-order valence-corrected chi connectivity index (χ0v) is 16.0. The molecule has 148 valence electrons. The van der Waals surface area contributed by atoms with Gasteiger partial charge < -0.3 is 9.64 Å². The molecule has 0 aromatic carbocycles. The van der Waals surface area contributed by atoms with Gasteiger partial charge in [-0.2, -0.15) is 10.2 Å². The third kappa shape index (κ3) is 3.00. The fourth-order valence-electron chi connectivity index (χ4n) is 4.59. The summed E-state index contributed by atoms with van der Waals surface area (Å²) in [5.41, 5.74) is 2.60. The largest absolute Gasteiger partial charge is 0.477 e. The van der Waals surface area contributed by atoms with Gasteiger partial charge in [-0.25, -0.2) is 9.36 Å². The van der Waals surface area contributed by atoms with E-state index in [0.717, 1.165) is 62.7 Å². The number of fused-ring (bicyclic) bond motifs is 2. The highest BCUT2D eigenvalue weighted by molar-refractivity contribution is 5.96. The molecule has 2 aromatic rings. The zero-order chi connectivity index (χ0) is 19.1. The van der Waals surface area contributed by atoms with Gasteiger partial charge >= 0.3 is 0 Å². The van der Waals surface area contributed by atoms with Gasteiger partial charge in [0.05, 0.1) is 31.1 Å². The highest BCUT2D eigenvalue weighted by atomic mass is 16.5. The van der Waals surface area contributed by atoms with E-state index in [9.17, 15) is 9.59 Å². The second kappa shape index (κ2) is 7.07. The van der Waals surface area contributed by atoms with Crippen molar-refractivity contribution in [1.82, 2.24) is 24.5 Å². The van der Waals surface area contributed by atoms with E-state index in [2.05, 4.69) is 10.2 Å². The summed E-state index contributed by atoms with van der Waals surface area (Å²) in [5, 5.41) is 8.93. The van der Waals surface area contributed by atoms with Crippen LogP contribution in [-0.2, 0) is 25.9 Å². The molecule has 0 bridgehead atoms. The van der Waals surface area contributed by atoms with Gasteiger partial charge in [0.1, 0.15) is 5.56 Å². The molecule has 1 unspecified atom stereocenters. The molecule has 2 aromatic heterocycles. The Balaban J connectivity index is 1.38. The average Bonchev–Trinajstić information content (AvgIpc) is 3.35.